The summed E-state index contributed by atoms with van der Waals surface area (Å²) in [5.41, 5.74) is -0.357. The first-order valence-corrected chi connectivity index (χ1v) is 9.54. The SMILES string of the molecule is CC(C)(CO)CC(C)(C)CCOC1CCN(C(=O)OC(C)(C)C)CC1. The Labute approximate surface area is 154 Å². The highest BCUT2D eigenvalue weighted by Crippen LogP contribution is 2.36. The van der Waals surface area contributed by atoms with Crippen LogP contribution in [0.3, 0.4) is 0 Å². The van der Waals surface area contributed by atoms with E-state index in [2.05, 4.69) is 27.7 Å². The third kappa shape index (κ3) is 8.91. The number of rotatable bonds is 7. The van der Waals surface area contributed by atoms with E-state index in [1.165, 1.54) is 0 Å². The first-order valence-electron chi connectivity index (χ1n) is 9.54. The van der Waals surface area contributed by atoms with Gasteiger partial charge in [-0.1, -0.05) is 27.7 Å². The molecular formula is C20H39NO4. The monoisotopic (exact) mass is 357 g/mol. The second kappa shape index (κ2) is 8.72. The van der Waals surface area contributed by atoms with Gasteiger partial charge in [0, 0.05) is 26.3 Å². The average molecular weight is 358 g/mol. The standard InChI is InChI=1S/C20H39NO4/c1-18(2,3)25-17(23)21-11-8-16(9-12-21)24-13-10-19(4,5)14-20(6,7)15-22/h16,22H,8-15H2,1-7H3. The number of amides is 1. The van der Waals surface area contributed by atoms with Crippen molar-refractivity contribution in [1.29, 1.82) is 0 Å². The molecule has 0 aromatic rings. The Bertz CT molecular complexity index is 418. The van der Waals surface area contributed by atoms with Gasteiger partial charge >= 0.3 is 6.09 Å². The van der Waals surface area contributed by atoms with Crippen molar-refractivity contribution in [2.45, 2.75) is 85.9 Å². The number of aliphatic hydroxyl groups is 1. The normalized spacial score (nSPS) is 17.7. The fraction of sp³-hybridized carbons (Fsp3) is 0.950. The fourth-order valence-electron chi connectivity index (χ4n) is 3.47. The minimum atomic E-state index is -0.446. The van der Waals surface area contributed by atoms with E-state index in [0.717, 1.165) is 32.3 Å². The number of ether oxygens (including phenoxy) is 2. The zero-order valence-electron chi connectivity index (χ0n) is 17.4. The predicted molar refractivity (Wildman–Crippen MR) is 101 cm³/mol. The smallest absolute Gasteiger partial charge is 0.410 e. The van der Waals surface area contributed by atoms with Crippen LogP contribution in [0, 0.1) is 10.8 Å². The highest BCUT2D eigenvalue weighted by molar-refractivity contribution is 5.68. The summed E-state index contributed by atoms with van der Waals surface area (Å²) in [6.45, 7) is 16.7. The molecule has 0 radical (unpaired) electrons. The van der Waals surface area contributed by atoms with Crippen molar-refractivity contribution < 1.29 is 19.4 Å². The quantitative estimate of drug-likeness (QED) is 0.741. The van der Waals surface area contributed by atoms with Crippen LogP contribution in [0.1, 0.15) is 74.1 Å². The van der Waals surface area contributed by atoms with Crippen molar-refractivity contribution in [2.75, 3.05) is 26.3 Å². The molecule has 1 aliphatic rings. The first kappa shape index (κ1) is 22.2. The lowest BCUT2D eigenvalue weighted by molar-refractivity contribution is -0.0204. The maximum absolute atomic E-state index is 12.1. The van der Waals surface area contributed by atoms with Gasteiger partial charge in [-0.3, -0.25) is 0 Å². The summed E-state index contributed by atoms with van der Waals surface area (Å²) in [5, 5.41) is 9.45. The maximum Gasteiger partial charge on any atom is 0.410 e. The molecule has 1 aliphatic heterocycles. The molecule has 1 amide bonds. The van der Waals surface area contributed by atoms with Crippen LogP contribution in [0.15, 0.2) is 0 Å². The molecule has 0 aromatic carbocycles. The number of piperidine rings is 1. The van der Waals surface area contributed by atoms with Gasteiger partial charge in [-0.2, -0.15) is 0 Å². The molecule has 0 bridgehead atoms. The molecule has 0 unspecified atom stereocenters. The second-order valence-corrected chi connectivity index (χ2v) is 9.95. The van der Waals surface area contributed by atoms with E-state index in [1.54, 1.807) is 4.90 Å². The number of carbonyl (C=O) groups is 1. The Kier molecular flexibility index (Phi) is 7.75. The fourth-order valence-corrected chi connectivity index (χ4v) is 3.47. The molecule has 25 heavy (non-hydrogen) atoms. The number of hydrogen-bond acceptors (Lipinski definition) is 4. The van der Waals surface area contributed by atoms with Gasteiger partial charge in [0.2, 0.25) is 0 Å². The van der Waals surface area contributed by atoms with Crippen molar-refractivity contribution in [3.05, 3.63) is 0 Å². The lowest BCUT2D eigenvalue weighted by Crippen LogP contribution is -2.43. The van der Waals surface area contributed by atoms with E-state index in [9.17, 15) is 9.90 Å². The van der Waals surface area contributed by atoms with Crippen molar-refractivity contribution in [3.8, 4) is 0 Å². The lowest BCUT2D eigenvalue weighted by Gasteiger charge is -2.35. The Morgan fingerprint density at radius 2 is 1.60 bits per heavy atom. The molecule has 5 heteroatoms. The molecule has 0 spiro atoms. The number of likely N-dealkylation sites (tertiary alicyclic amines) is 1. The minimum Gasteiger partial charge on any atom is -0.444 e. The van der Waals surface area contributed by atoms with Crippen LogP contribution >= 0.6 is 0 Å². The van der Waals surface area contributed by atoms with Crippen LogP contribution in [-0.4, -0.2) is 54.1 Å². The minimum absolute atomic E-state index is 0.0533. The van der Waals surface area contributed by atoms with Crippen LogP contribution < -0.4 is 0 Å². The summed E-state index contributed by atoms with van der Waals surface area (Å²) in [6, 6.07) is 0. The van der Waals surface area contributed by atoms with E-state index in [4.69, 9.17) is 9.47 Å². The Morgan fingerprint density at radius 1 is 1.04 bits per heavy atom. The van der Waals surface area contributed by atoms with Gasteiger partial charge in [-0.15, -0.1) is 0 Å². The second-order valence-electron chi connectivity index (χ2n) is 9.95. The van der Waals surface area contributed by atoms with Gasteiger partial charge in [0.05, 0.1) is 6.10 Å². The Morgan fingerprint density at radius 3 is 2.08 bits per heavy atom. The number of nitrogens with zero attached hydrogens (tertiary/aromatic N) is 1. The summed E-state index contributed by atoms with van der Waals surface area (Å²) in [7, 11) is 0. The Hall–Kier alpha value is -0.810. The van der Waals surface area contributed by atoms with Crippen LogP contribution in [0.25, 0.3) is 0 Å². The molecule has 5 nitrogen and oxygen atoms in total. The van der Waals surface area contributed by atoms with E-state index >= 15 is 0 Å². The van der Waals surface area contributed by atoms with Crippen LogP contribution in [-0.2, 0) is 9.47 Å². The van der Waals surface area contributed by atoms with Crippen molar-refractivity contribution in [1.82, 2.24) is 4.90 Å². The summed E-state index contributed by atoms with van der Waals surface area (Å²) in [4.78, 5) is 13.8. The highest BCUT2D eigenvalue weighted by atomic mass is 16.6. The van der Waals surface area contributed by atoms with E-state index < -0.39 is 5.60 Å². The highest BCUT2D eigenvalue weighted by Gasteiger charge is 2.30. The van der Waals surface area contributed by atoms with Crippen LogP contribution in [0.4, 0.5) is 4.79 Å². The van der Waals surface area contributed by atoms with Crippen molar-refractivity contribution in [3.63, 3.8) is 0 Å². The number of carbonyl (C=O) groups excluding carboxylic acids is 1. The maximum atomic E-state index is 12.1. The van der Waals surface area contributed by atoms with E-state index in [-0.39, 0.29) is 29.6 Å². The topological polar surface area (TPSA) is 59.0 Å². The molecular weight excluding hydrogens is 318 g/mol. The molecule has 1 N–H and O–H groups in total. The summed E-state index contributed by atoms with van der Waals surface area (Å²) < 4.78 is 11.5. The molecule has 1 saturated heterocycles. The lowest BCUT2D eigenvalue weighted by atomic mass is 9.74. The van der Waals surface area contributed by atoms with Gasteiger partial charge in [0.25, 0.3) is 0 Å². The zero-order valence-corrected chi connectivity index (χ0v) is 17.4. The van der Waals surface area contributed by atoms with E-state index in [0.29, 0.717) is 13.1 Å². The van der Waals surface area contributed by atoms with Gasteiger partial charge in [-0.05, 0) is 57.3 Å². The molecule has 0 saturated carbocycles. The molecule has 0 atom stereocenters. The largest absolute Gasteiger partial charge is 0.444 e. The molecule has 0 aromatic heterocycles. The molecule has 0 aliphatic carbocycles. The van der Waals surface area contributed by atoms with Crippen molar-refractivity contribution in [2.24, 2.45) is 10.8 Å². The summed E-state index contributed by atoms with van der Waals surface area (Å²) in [6.07, 6.45) is 3.67. The Balaban J connectivity index is 2.30. The first-order chi connectivity index (χ1) is 11.3. The molecule has 1 heterocycles. The van der Waals surface area contributed by atoms with Crippen LogP contribution in [0.2, 0.25) is 0 Å². The molecule has 1 rings (SSSR count). The van der Waals surface area contributed by atoms with Crippen molar-refractivity contribution >= 4 is 6.09 Å². The zero-order chi connectivity index (χ0) is 19.3. The third-order valence-corrected chi connectivity index (χ3v) is 4.61. The van der Waals surface area contributed by atoms with E-state index in [1.807, 2.05) is 20.8 Å². The van der Waals surface area contributed by atoms with Gasteiger partial charge in [-0.25, -0.2) is 4.79 Å². The molecule has 148 valence electrons. The van der Waals surface area contributed by atoms with Crippen LogP contribution in [0.5, 0.6) is 0 Å². The predicted octanol–water partition coefficient (Wildman–Crippen LogP) is 4.23. The van der Waals surface area contributed by atoms with Gasteiger partial charge in [0.15, 0.2) is 0 Å². The summed E-state index contributed by atoms with van der Waals surface area (Å²) >= 11 is 0. The molecule has 1 fully saturated rings. The number of hydrogen-bond donors (Lipinski definition) is 1. The summed E-state index contributed by atoms with van der Waals surface area (Å²) in [5.74, 6) is 0. The average Bonchev–Trinajstić information content (AvgIpc) is 2.45. The number of aliphatic hydroxyl groups excluding tert-OH is 1. The van der Waals surface area contributed by atoms with Gasteiger partial charge < -0.3 is 19.5 Å². The van der Waals surface area contributed by atoms with Gasteiger partial charge in [0.1, 0.15) is 5.60 Å². The third-order valence-electron chi connectivity index (χ3n) is 4.61.